The molecular formula is C54H42P2. The Bertz CT molecular complexity index is 2240. The lowest BCUT2D eigenvalue weighted by Gasteiger charge is -2.19. The van der Waals surface area contributed by atoms with Crippen molar-refractivity contribution in [2.75, 3.05) is 0 Å². The first-order chi connectivity index (χ1) is 27.7. The molecule has 0 aliphatic rings. The molecule has 8 aromatic carbocycles. The summed E-state index contributed by atoms with van der Waals surface area (Å²) in [5.41, 5.74) is 7.11. The normalized spacial score (nSPS) is 11.7. The second kappa shape index (κ2) is 18.4. The molecule has 56 heavy (non-hydrogen) atoms. The summed E-state index contributed by atoms with van der Waals surface area (Å²) in [7, 11) is -1.19. The predicted octanol–water partition coefficient (Wildman–Crippen LogP) is 11.7. The van der Waals surface area contributed by atoms with Crippen LogP contribution in [0, 0.1) is 0 Å². The molecular weight excluding hydrogens is 711 g/mol. The molecule has 0 nitrogen and oxygen atoms in total. The molecule has 268 valence electrons. The Morgan fingerprint density at radius 1 is 0.179 bits per heavy atom. The molecule has 0 saturated heterocycles. The van der Waals surface area contributed by atoms with Crippen molar-refractivity contribution in [2.24, 2.45) is 0 Å². The fraction of sp³-hybridized carbons (Fsp3) is 0. The van der Waals surface area contributed by atoms with Gasteiger partial charge < -0.3 is 0 Å². The van der Waals surface area contributed by atoms with Crippen LogP contribution in [0.5, 0.6) is 0 Å². The Morgan fingerprint density at radius 2 is 0.339 bits per heavy atom. The van der Waals surface area contributed by atoms with E-state index in [0.29, 0.717) is 0 Å². The molecule has 0 N–H and O–H groups in total. The second-order valence-electron chi connectivity index (χ2n) is 13.5. The van der Waals surface area contributed by atoms with E-state index in [1.165, 1.54) is 65.2 Å². The highest BCUT2D eigenvalue weighted by Gasteiger charge is 2.17. The molecule has 0 spiro atoms. The first kappa shape index (κ1) is 36.8. The van der Waals surface area contributed by atoms with Gasteiger partial charge in [0.05, 0.1) is 0 Å². The SMILES string of the molecule is C(=C/c1ccc(/C=C\c2ccc(P(c3ccccc3)c3ccccc3)cc2)cc1)/c1ccc(/C=C\c2ccc(P(c3ccccc3)c3ccccc3)cc2)cc1. The van der Waals surface area contributed by atoms with Crippen LogP contribution in [0.4, 0.5) is 0 Å². The maximum absolute atomic E-state index is 2.29. The van der Waals surface area contributed by atoms with Crippen LogP contribution in [-0.4, -0.2) is 0 Å². The van der Waals surface area contributed by atoms with E-state index in [1.807, 2.05) is 0 Å². The molecule has 0 atom stereocenters. The summed E-state index contributed by atoms with van der Waals surface area (Å²) in [6, 6.07) is 78.9. The van der Waals surface area contributed by atoms with E-state index in [1.54, 1.807) is 0 Å². The quantitative estimate of drug-likeness (QED) is 0.0861. The minimum atomic E-state index is -0.596. The highest BCUT2D eigenvalue weighted by Crippen LogP contribution is 2.34. The predicted molar refractivity (Wildman–Crippen MR) is 250 cm³/mol. The number of benzene rings is 8. The minimum Gasteiger partial charge on any atom is -0.0622 e. The molecule has 0 radical (unpaired) electrons. The van der Waals surface area contributed by atoms with Gasteiger partial charge in [0.25, 0.3) is 0 Å². The zero-order valence-electron chi connectivity index (χ0n) is 31.1. The molecule has 8 rings (SSSR count). The molecule has 0 saturated carbocycles. The third kappa shape index (κ3) is 9.55. The maximum atomic E-state index is 2.29. The van der Waals surface area contributed by atoms with Gasteiger partial charge in [0.15, 0.2) is 0 Å². The van der Waals surface area contributed by atoms with Crippen LogP contribution in [0.15, 0.2) is 218 Å². The molecule has 0 heterocycles. The Kier molecular flexibility index (Phi) is 12.1. The van der Waals surface area contributed by atoms with Gasteiger partial charge in [0.2, 0.25) is 0 Å². The lowest BCUT2D eigenvalue weighted by molar-refractivity contribution is 1.61. The summed E-state index contributed by atoms with van der Waals surface area (Å²) >= 11 is 0. The van der Waals surface area contributed by atoms with Gasteiger partial charge >= 0.3 is 0 Å². The fourth-order valence-corrected chi connectivity index (χ4v) is 11.2. The van der Waals surface area contributed by atoms with Crippen molar-refractivity contribution < 1.29 is 0 Å². The van der Waals surface area contributed by atoms with E-state index in [0.717, 1.165) is 0 Å². The Balaban J connectivity index is 0.869. The van der Waals surface area contributed by atoms with Crippen LogP contribution in [0.2, 0.25) is 0 Å². The van der Waals surface area contributed by atoms with E-state index < -0.39 is 15.8 Å². The summed E-state index contributed by atoms with van der Waals surface area (Å²) in [5, 5.41) is 8.18. The Morgan fingerprint density at radius 3 is 0.536 bits per heavy atom. The van der Waals surface area contributed by atoms with Crippen molar-refractivity contribution in [1.29, 1.82) is 0 Å². The van der Waals surface area contributed by atoms with Gasteiger partial charge in [0, 0.05) is 0 Å². The van der Waals surface area contributed by atoms with Crippen molar-refractivity contribution in [3.63, 3.8) is 0 Å². The van der Waals surface area contributed by atoms with Crippen LogP contribution in [0.1, 0.15) is 33.4 Å². The van der Waals surface area contributed by atoms with Crippen molar-refractivity contribution in [3.05, 3.63) is 252 Å². The van der Waals surface area contributed by atoms with Crippen LogP contribution in [-0.2, 0) is 0 Å². The van der Waals surface area contributed by atoms with Crippen molar-refractivity contribution in [1.82, 2.24) is 0 Å². The molecule has 0 aliphatic heterocycles. The van der Waals surface area contributed by atoms with E-state index in [4.69, 9.17) is 0 Å². The van der Waals surface area contributed by atoms with Gasteiger partial charge in [-0.15, -0.1) is 0 Å². The second-order valence-corrected chi connectivity index (χ2v) is 18.0. The molecule has 0 amide bonds. The number of rotatable bonds is 12. The molecule has 0 aliphatic carbocycles. The lowest BCUT2D eigenvalue weighted by atomic mass is 10.1. The number of hydrogen-bond donors (Lipinski definition) is 0. The van der Waals surface area contributed by atoms with Crippen molar-refractivity contribution >= 4 is 84.1 Å². The van der Waals surface area contributed by atoms with Crippen LogP contribution in [0.25, 0.3) is 36.5 Å². The van der Waals surface area contributed by atoms with Crippen molar-refractivity contribution in [2.45, 2.75) is 0 Å². The summed E-state index contributed by atoms with van der Waals surface area (Å²) in [6.07, 6.45) is 13.1. The first-order valence-electron chi connectivity index (χ1n) is 19.0. The molecule has 0 aromatic heterocycles. The van der Waals surface area contributed by atoms with E-state index in [-0.39, 0.29) is 0 Å². The Labute approximate surface area is 334 Å². The molecule has 2 heteroatoms. The molecule has 0 bridgehead atoms. The smallest absolute Gasteiger partial charge is 0.0134 e. The average Bonchev–Trinajstić information content (AvgIpc) is 3.27. The van der Waals surface area contributed by atoms with E-state index >= 15 is 0 Å². The largest absolute Gasteiger partial charge is 0.0622 e. The summed E-state index contributed by atoms with van der Waals surface area (Å²) in [6.45, 7) is 0. The zero-order valence-corrected chi connectivity index (χ0v) is 32.9. The van der Waals surface area contributed by atoms with Crippen LogP contribution >= 0.6 is 15.8 Å². The number of hydrogen-bond acceptors (Lipinski definition) is 0. The monoisotopic (exact) mass is 752 g/mol. The van der Waals surface area contributed by atoms with Crippen molar-refractivity contribution in [3.8, 4) is 0 Å². The van der Waals surface area contributed by atoms with Gasteiger partial charge in [-0.3, -0.25) is 0 Å². The lowest BCUT2D eigenvalue weighted by Crippen LogP contribution is -2.20. The zero-order chi connectivity index (χ0) is 37.8. The van der Waals surface area contributed by atoms with Gasteiger partial charge in [-0.2, -0.15) is 0 Å². The van der Waals surface area contributed by atoms with Gasteiger partial charge in [0.1, 0.15) is 0 Å². The van der Waals surface area contributed by atoms with Crippen LogP contribution < -0.4 is 31.8 Å². The highest BCUT2D eigenvalue weighted by atomic mass is 31.1. The first-order valence-corrected chi connectivity index (χ1v) is 21.7. The third-order valence-corrected chi connectivity index (χ3v) is 14.5. The summed E-state index contributed by atoms with van der Waals surface area (Å²) < 4.78 is 0. The fourth-order valence-electron chi connectivity index (χ4n) is 6.69. The third-order valence-electron chi connectivity index (χ3n) is 9.64. The standard InChI is InChI=1S/C54H42P2/c1-5-13-49(14-6-1)55(50-15-7-2-8-16-50)53-39-35-47(36-40-53)33-31-45-27-23-43(24-28-45)21-22-44-25-29-46(30-26-44)32-34-48-37-41-54(42-38-48)56(51-17-9-3-10-18-51)52-19-11-4-12-20-52/h1-42H/b22-21-,33-31-,34-32-. The molecule has 8 aromatic rings. The van der Waals surface area contributed by atoms with Crippen LogP contribution in [0.3, 0.4) is 0 Å². The summed E-state index contributed by atoms with van der Waals surface area (Å²) in [5.74, 6) is 0. The van der Waals surface area contributed by atoms with Gasteiger partial charge in [-0.1, -0.05) is 255 Å². The highest BCUT2D eigenvalue weighted by molar-refractivity contribution is 7.80. The minimum absolute atomic E-state index is 0.596. The van der Waals surface area contributed by atoms with Gasteiger partial charge in [-0.25, -0.2) is 0 Å². The van der Waals surface area contributed by atoms with E-state index in [2.05, 4.69) is 255 Å². The molecule has 0 unspecified atom stereocenters. The average molecular weight is 753 g/mol. The Hall–Kier alpha value is -6.16. The van der Waals surface area contributed by atoms with Gasteiger partial charge in [-0.05, 0) is 81.1 Å². The van der Waals surface area contributed by atoms with E-state index in [9.17, 15) is 0 Å². The topological polar surface area (TPSA) is 0 Å². The maximum Gasteiger partial charge on any atom is -0.0134 e. The molecule has 0 fully saturated rings. The summed E-state index contributed by atoms with van der Waals surface area (Å²) in [4.78, 5) is 0.